The molecule has 0 aromatic heterocycles. The number of anilines is 2. The Labute approximate surface area is 125 Å². The minimum absolute atomic E-state index is 0.253. The van der Waals surface area contributed by atoms with Gasteiger partial charge in [-0.25, -0.2) is 4.39 Å². The SMILES string of the molecule is CCCC[C@H](N)C(=O)Nc1ccc(N2CCCC2)c(F)c1. The lowest BCUT2D eigenvalue weighted by molar-refractivity contribution is -0.117. The van der Waals surface area contributed by atoms with Gasteiger partial charge in [0, 0.05) is 18.8 Å². The minimum Gasteiger partial charge on any atom is -0.369 e. The van der Waals surface area contributed by atoms with Crippen molar-refractivity contribution >= 4 is 17.3 Å². The lowest BCUT2D eigenvalue weighted by atomic mass is 10.1. The summed E-state index contributed by atoms with van der Waals surface area (Å²) < 4.78 is 14.1. The van der Waals surface area contributed by atoms with Crippen LogP contribution in [0.25, 0.3) is 0 Å². The van der Waals surface area contributed by atoms with Gasteiger partial charge in [0.15, 0.2) is 0 Å². The van der Waals surface area contributed by atoms with E-state index in [0.29, 0.717) is 17.8 Å². The number of benzene rings is 1. The average Bonchev–Trinajstić information content (AvgIpc) is 2.98. The number of nitrogens with one attached hydrogen (secondary N) is 1. The number of carbonyl (C=O) groups excluding carboxylic acids is 1. The van der Waals surface area contributed by atoms with E-state index < -0.39 is 6.04 Å². The number of rotatable bonds is 6. The Morgan fingerprint density at radius 1 is 1.43 bits per heavy atom. The third-order valence-corrected chi connectivity index (χ3v) is 3.87. The summed E-state index contributed by atoms with van der Waals surface area (Å²) in [4.78, 5) is 13.9. The van der Waals surface area contributed by atoms with Gasteiger partial charge >= 0.3 is 0 Å². The minimum atomic E-state index is -0.536. The lowest BCUT2D eigenvalue weighted by Gasteiger charge is -2.19. The van der Waals surface area contributed by atoms with Gasteiger partial charge in [0.1, 0.15) is 5.82 Å². The zero-order valence-electron chi connectivity index (χ0n) is 12.6. The topological polar surface area (TPSA) is 58.4 Å². The van der Waals surface area contributed by atoms with E-state index in [2.05, 4.69) is 12.2 Å². The van der Waals surface area contributed by atoms with Crippen molar-refractivity contribution in [2.24, 2.45) is 5.73 Å². The van der Waals surface area contributed by atoms with E-state index in [4.69, 9.17) is 5.73 Å². The van der Waals surface area contributed by atoms with Crippen molar-refractivity contribution in [3.63, 3.8) is 0 Å². The summed E-state index contributed by atoms with van der Waals surface area (Å²) in [6.45, 7) is 3.84. The maximum absolute atomic E-state index is 14.1. The Morgan fingerprint density at radius 2 is 2.14 bits per heavy atom. The molecule has 1 saturated heterocycles. The van der Waals surface area contributed by atoms with E-state index in [1.54, 1.807) is 12.1 Å². The first kappa shape index (κ1) is 15.8. The van der Waals surface area contributed by atoms with Gasteiger partial charge in [-0.15, -0.1) is 0 Å². The predicted octanol–water partition coefficient (Wildman–Crippen LogP) is 2.88. The average molecular weight is 293 g/mol. The molecule has 0 unspecified atom stereocenters. The zero-order chi connectivity index (χ0) is 15.2. The first-order valence-electron chi connectivity index (χ1n) is 7.72. The molecule has 116 valence electrons. The van der Waals surface area contributed by atoms with Crippen molar-refractivity contribution in [2.45, 2.75) is 45.1 Å². The molecule has 1 fully saturated rings. The summed E-state index contributed by atoms with van der Waals surface area (Å²) in [5.41, 5.74) is 6.88. The molecule has 1 aliphatic rings. The molecule has 0 radical (unpaired) electrons. The Kier molecular flexibility index (Phi) is 5.56. The van der Waals surface area contributed by atoms with Crippen molar-refractivity contribution < 1.29 is 9.18 Å². The first-order chi connectivity index (χ1) is 10.1. The van der Waals surface area contributed by atoms with Crippen LogP contribution in [0.5, 0.6) is 0 Å². The van der Waals surface area contributed by atoms with E-state index in [1.165, 1.54) is 6.07 Å². The number of unbranched alkanes of at least 4 members (excludes halogenated alkanes) is 1. The highest BCUT2D eigenvalue weighted by molar-refractivity contribution is 5.94. The Bertz CT molecular complexity index is 486. The molecule has 1 aromatic carbocycles. The fourth-order valence-electron chi connectivity index (χ4n) is 2.59. The molecular weight excluding hydrogens is 269 g/mol. The normalized spacial score (nSPS) is 16.0. The predicted molar refractivity (Wildman–Crippen MR) is 84.0 cm³/mol. The van der Waals surface area contributed by atoms with Gasteiger partial charge in [0.05, 0.1) is 11.7 Å². The van der Waals surface area contributed by atoms with Crippen LogP contribution in [0.1, 0.15) is 39.0 Å². The second kappa shape index (κ2) is 7.41. The molecule has 0 saturated carbocycles. The summed E-state index contributed by atoms with van der Waals surface area (Å²) in [5, 5.41) is 2.69. The lowest BCUT2D eigenvalue weighted by Crippen LogP contribution is -2.35. The second-order valence-electron chi connectivity index (χ2n) is 5.60. The van der Waals surface area contributed by atoms with Gasteiger partial charge in [0.2, 0.25) is 5.91 Å². The number of amides is 1. The van der Waals surface area contributed by atoms with Crippen molar-refractivity contribution in [1.82, 2.24) is 0 Å². The van der Waals surface area contributed by atoms with Crippen LogP contribution in [0.2, 0.25) is 0 Å². The molecule has 3 N–H and O–H groups in total. The van der Waals surface area contributed by atoms with Crippen LogP contribution in [0.3, 0.4) is 0 Å². The number of hydrogen-bond acceptors (Lipinski definition) is 3. The van der Waals surface area contributed by atoms with Gasteiger partial charge in [-0.2, -0.15) is 0 Å². The third kappa shape index (κ3) is 4.17. The van der Waals surface area contributed by atoms with Crippen LogP contribution in [-0.2, 0) is 4.79 Å². The maximum Gasteiger partial charge on any atom is 0.241 e. The van der Waals surface area contributed by atoms with Gasteiger partial charge in [-0.3, -0.25) is 4.79 Å². The second-order valence-corrected chi connectivity index (χ2v) is 5.60. The number of hydrogen-bond donors (Lipinski definition) is 2. The Hall–Kier alpha value is -1.62. The highest BCUT2D eigenvalue weighted by Gasteiger charge is 2.17. The Morgan fingerprint density at radius 3 is 2.76 bits per heavy atom. The fourth-order valence-corrected chi connectivity index (χ4v) is 2.59. The van der Waals surface area contributed by atoms with Crippen LogP contribution in [-0.4, -0.2) is 25.0 Å². The molecule has 2 rings (SSSR count). The summed E-state index contributed by atoms with van der Waals surface area (Å²) >= 11 is 0. The van der Waals surface area contributed by atoms with E-state index in [0.717, 1.165) is 38.8 Å². The van der Waals surface area contributed by atoms with E-state index >= 15 is 0 Å². The summed E-state index contributed by atoms with van der Waals surface area (Å²) in [5.74, 6) is -0.548. The number of nitrogens with zero attached hydrogens (tertiary/aromatic N) is 1. The van der Waals surface area contributed by atoms with Crippen molar-refractivity contribution in [1.29, 1.82) is 0 Å². The van der Waals surface area contributed by atoms with Crippen molar-refractivity contribution in [3.05, 3.63) is 24.0 Å². The van der Waals surface area contributed by atoms with Crippen LogP contribution < -0.4 is 16.0 Å². The Balaban J connectivity index is 1.98. The molecule has 1 heterocycles. The molecule has 5 heteroatoms. The molecule has 21 heavy (non-hydrogen) atoms. The highest BCUT2D eigenvalue weighted by atomic mass is 19.1. The van der Waals surface area contributed by atoms with Gasteiger partial charge in [0.25, 0.3) is 0 Å². The maximum atomic E-state index is 14.1. The third-order valence-electron chi connectivity index (χ3n) is 3.87. The van der Waals surface area contributed by atoms with E-state index in [1.807, 2.05) is 4.90 Å². The van der Waals surface area contributed by atoms with Crippen LogP contribution in [0.4, 0.5) is 15.8 Å². The summed E-state index contributed by atoms with van der Waals surface area (Å²) in [6.07, 6.45) is 4.77. The van der Waals surface area contributed by atoms with Crippen LogP contribution in [0, 0.1) is 5.82 Å². The van der Waals surface area contributed by atoms with E-state index in [-0.39, 0.29) is 11.7 Å². The molecule has 1 amide bonds. The zero-order valence-corrected chi connectivity index (χ0v) is 12.6. The molecule has 0 bridgehead atoms. The molecule has 1 atom stereocenters. The molecule has 1 aromatic rings. The van der Waals surface area contributed by atoms with Crippen molar-refractivity contribution in [2.75, 3.05) is 23.3 Å². The van der Waals surface area contributed by atoms with Crippen LogP contribution >= 0.6 is 0 Å². The van der Waals surface area contributed by atoms with Gasteiger partial charge < -0.3 is 16.0 Å². The number of nitrogens with two attached hydrogens (primary N) is 1. The number of halogens is 1. The summed E-state index contributed by atoms with van der Waals surface area (Å²) in [7, 11) is 0. The van der Waals surface area contributed by atoms with E-state index in [9.17, 15) is 9.18 Å². The first-order valence-corrected chi connectivity index (χ1v) is 7.72. The van der Waals surface area contributed by atoms with Gasteiger partial charge in [-0.1, -0.05) is 19.8 Å². The molecule has 4 nitrogen and oxygen atoms in total. The highest BCUT2D eigenvalue weighted by Crippen LogP contribution is 2.26. The monoisotopic (exact) mass is 293 g/mol. The van der Waals surface area contributed by atoms with Crippen molar-refractivity contribution in [3.8, 4) is 0 Å². The molecule has 1 aliphatic heterocycles. The quantitative estimate of drug-likeness (QED) is 0.848. The fraction of sp³-hybridized carbons (Fsp3) is 0.562. The van der Waals surface area contributed by atoms with Crippen LogP contribution in [0.15, 0.2) is 18.2 Å². The largest absolute Gasteiger partial charge is 0.369 e. The smallest absolute Gasteiger partial charge is 0.241 e. The molecule has 0 spiro atoms. The van der Waals surface area contributed by atoms with Gasteiger partial charge in [-0.05, 0) is 37.5 Å². The standard InChI is InChI=1S/C16H24FN3O/c1-2-3-6-14(18)16(21)19-12-7-8-15(13(17)11-12)20-9-4-5-10-20/h7-8,11,14H,2-6,9-10,18H2,1H3,(H,19,21)/t14-/m0/s1. The number of carbonyl (C=O) groups is 1. The molecule has 0 aliphatic carbocycles. The summed E-state index contributed by atoms with van der Waals surface area (Å²) in [6, 6.07) is 4.30. The molecular formula is C16H24FN3O.